The average Bonchev–Trinajstić information content (AvgIpc) is 3.14. The molecular weight excluding hydrogens is 316 g/mol. The van der Waals surface area contributed by atoms with E-state index in [0.29, 0.717) is 19.4 Å². The summed E-state index contributed by atoms with van der Waals surface area (Å²) in [5.41, 5.74) is -0.761. The van der Waals surface area contributed by atoms with Crippen molar-refractivity contribution in [1.82, 2.24) is 4.90 Å². The van der Waals surface area contributed by atoms with E-state index in [4.69, 9.17) is 0 Å². The second-order valence-electron chi connectivity index (χ2n) is 7.05. The molecule has 1 heterocycles. The molecule has 1 aromatic carbocycles. The van der Waals surface area contributed by atoms with Crippen molar-refractivity contribution in [1.29, 1.82) is 0 Å². The lowest BCUT2D eigenvalue weighted by Gasteiger charge is -2.33. The van der Waals surface area contributed by atoms with Crippen LogP contribution in [0.25, 0.3) is 0 Å². The van der Waals surface area contributed by atoms with Gasteiger partial charge in [0.15, 0.2) is 0 Å². The Balaban J connectivity index is 1.94. The summed E-state index contributed by atoms with van der Waals surface area (Å²) in [6, 6.07) is 3.36. The van der Waals surface area contributed by atoms with E-state index in [0.717, 1.165) is 18.9 Å². The van der Waals surface area contributed by atoms with Crippen LogP contribution < -0.4 is 0 Å². The molecule has 2 fully saturated rings. The van der Waals surface area contributed by atoms with Crippen LogP contribution in [0.1, 0.15) is 38.2 Å². The molecule has 0 spiro atoms. The van der Waals surface area contributed by atoms with Gasteiger partial charge in [0, 0.05) is 24.7 Å². The van der Waals surface area contributed by atoms with Gasteiger partial charge in [0.25, 0.3) is 0 Å². The largest absolute Gasteiger partial charge is 0.481 e. The summed E-state index contributed by atoms with van der Waals surface area (Å²) >= 11 is 0. The first kappa shape index (κ1) is 16.9. The lowest BCUT2D eigenvalue weighted by Crippen LogP contribution is -2.45. The van der Waals surface area contributed by atoms with Crippen LogP contribution in [0.3, 0.4) is 0 Å². The lowest BCUT2D eigenvalue weighted by molar-refractivity contribution is -0.142. The molecule has 6 heteroatoms. The number of halogens is 2. The first-order valence-electron chi connectivity index (χ1n) is 8.33. The highest BCUT2D eigenvalue weighted by molar-refractivity contribution is 5.89. The number of carbonyl (C=O) groups excluding carboxylic acids is 1. The molecule has 0 aromatic heterocycles. The van der Waals surface area contributed by atoms with Crippen LogP contribution in [0.5, 0.6) is 0 Å². The van der Waals surface area contributed by atoms with Crippen molar-refractivity contribution in [2.24, 2.45) is 11.8 Å². The van der Waals surface area contributed by atoms with Gasteiger partial charge in [-0.25, -0.2) is 8.78 Å². The van der Waals surface area contributed by atoms with Gasteiger partial charge in [-0.3, -0.25) is 9.59 Å². The van der Waals surface area contributed by atoms with Gasteiger partial charge >= 0.3 is 5.97 Å². The number of carboxylic acid groups (broad SMARTS) is 1. The number of hydrogen-bond acceptors (Lipinski definition) is 2. The van der Waals surface area contributed by atoms with Gasteiger partial charge in [-0.05, 0) is 24.8 Å². The van der Waals surface area contributed by atoms with Crippen molar-refractivity contribution in [2.45, 2.75) is 38.0 Å². The normalized spacial score (nSPS) is 25.9. The highest BCUT2D eigenvalue weighted by Crippen LogP contribution is 2.44. The zero-order chi connectivity index (χ0) is 17.5. The number of amides is 1. The number of benzene rings is 1. The predicted octanol–water partition coefficient (Wildman–Crippen LogP) is 2.96. The SMILES string of the molecule is C[C@@H]1CN(C(=O)C2(c3ccc(F)cc3F)CCCC2)C[C@H]1C(=O)O. The third-order valence-corrected chi connectivity index (χ3v) is 5.53. The summed E-state index contributed by atoms with van der Waals surface area (Å²) in [6.45, 7) is 2.33. The maximum absolute atomic E-state index is 14.4. The Hall–Kier alpha value is -1.98. The number of nitrogens with zero attached hydrogens (tertiary/aromatic N) is 1. The fourth-order valence-corrected chi connectivity index (χ4v) is 4.21. The molecule has 1 saturated carbocycles. The van der Waals surface area contributed by atoms with Crippen molar-refractivity contribution in [2.75, 3.05) is 13.1 Å². The van der Waals surface area contributed by atoms with E-state index in [1.54, 1.807) is 4.90 Å². The van der Waals surface area contributed by atoms with Crippen molar-refractivity contribution < 1.29 is 23.5 Å². The van der Waals surface area contributed by atoms with E-state index in [1.165, 1.54) is 12.1 Å². The summed E-state index contributed by atoms with van der Waals surface area (Å²) < 4.78 is 27.6. The van der Waals surface area contributed by atoms with Gasteiger partial charge in [0.2, 0.25) is 5.91 Å². The lowest BCUT2D eigenvalue weighted by atomic mass is 9.77. The van der Waals surface area contributed by atoms with Crippen LogP contribution in [-0.4, -0.2) is 35.0 Å². The highest BCUT2D eigenvalue weighted by Gasteiger charge is 2.49. The minimum Gasteiger partial charge on any atom is -0.481 e. The highest BCUT2D eigenvalue weighted by atomic mass is 19.1. The number of likely N-dealkylation sites (tertiary alicyclic amines) is 1. The van der Waals surface area contributed by atoms with Crippen LogP contribution in [0.4, 0.5) is 8.78 Å². The van der Waals surface area contributed by atoms with Crippen molar-refractivity contribution in [3.8, 4) is 0 Å². The first-order valence-corrected chi connectivity index (χ1v) is 8.33. The molecule has 1 aromatic rings. The molecule has 0 bridgehead atoms. The molecule has 1 N–H and O–H groups in total. The molecule has 2 atom stereocenters. The van der Waals surface area contributed by atoms with E-state index in [9.17, 15) is 23.5 Å². The van der Waals surface area contributed by atoms with Crippen LogP contribution >= 0.6 is 0 Å². The molecular formula is C18H21F2NO3. The van der Waals surface area contributed by atoms with Gasteiger partial charge in [-0.2, -0.15) is 0 Å². The number of carboxylic acids is 1. The minimum absolute atomic E-state index is 0.136. The van der Waals surface area contributed by atoms with Crippen LogP contribution in [-0.2, 0) is 15.0 Å². The Morgan fingerprint density at radius 2 is 1.88 bits per heavy atom. The second-order valence-corrected chi connectivity index (χ2v) is 7.05. The van der Waals surface area contributed by atoms with Crippen molar-refractivity contribution in [3.63, 3.8) is 0 Å². The average molecular weight is 337 g/mol. The van der Waals surface area contributed by atoms with Gasteiger partial charge in [-0.1, -0.05) is 25.8 Å². The fourth-order valence-electron chi connectivity index (χ4n) is 4.21. The predicted molar refractivity (Wildman–Crippen MR) is 83.4 cm³/mol. The second kappa shape index (κ2) is 6.15. The zero-order valence-electron chi connectivity index (χ0n) is 13.6. The summed E-state index contributed by atoms with van der Waals surface area (Å²) in [6.07, 6.45) is 2.62. The van der Waals surface area contributed by atoms with E-state index < -0.39 is 28.9 Å². The number of rotatable bonds is 3. The minimum atomic E-state index is -0.995. The molecule has 1 aliphatic carbocycles. The van der Waals surface area contributed by atoms with E-state index in [2.05, 4.69) is 0 Å². The Labute approximate surface area is 139 Å². The summed E-state index contributed by atoms with van der Waals surface area (Å²) in [7, 11) is 0. The smallest absolute Gasteiger partial charge is 0.308 e. The molecule has 1 aliphatic heterocycles. The molecule has 1 saturated heterocycles. The fraction of sp³-hybridized carbons (Fsp3) is 0.556. The van der Waals surface area contributed by atoms with E-state index in [1.807, 2.05) is 6.92 Å². The van der Waals surface area contributed by atoms with Crippen molar-refractivity contribution >= 4 is 11.9 Å². The molecule has 130 valence electrons. The Morgan fingerprint density at radius 3 is 2.42 bits per heavy atom. The molecule has 24 heavy (non-hydrogen) atoms. The zero-order valence-corrected chi connectivity index (χ0v) is 13.6. The maximum Gasteiger partial charge on any atom is 0.308 e. The number of hydrogen-bond donors (Lipinski definition) is 1. The maximum atomic E-state index is 14.4. The summed E-state index contributed by atoms with van der Waals surface area (Å²) in [4.78, 5) is 26.0. The number of carbonyl (C=O) groups is 2. The number of aliphatic carboxylic acids is 1. The Morgan fingerprint density at radius 1 is 1.21 bits per heavy atom. The summed E-state index contributed by atoms with van der Waals surface area (Å²) in [5.74, 6) is -3.23. The topological polar surface area (TPSA) is 57.6 Å². The quantitative estimate of drug-likeness (QED) is 0.922. The van der Waals surface area contributed by atoms with Gasteiger partial charge in [0.05, 0.1) is 11.3 Å². The Kier molecular flexibility index (Phi) is 4.32. The van der Waals surface area contributed by atoms with Crippen LogP contribution in [0, 0.1) is 23.5 Å². The third kappa shape index (κ3) is 2.68. The Bertz CT molecular complexity index is 670. The van der Waals surface area contributed by atoms with Gasteiger partial charge < -0.3 is 10.0 Å². The molecule has 0 radical (unpaired) electrons. The molecule has 0 unspecified atom stereocenters. The molecule has 3 rings (SSSR count). The monoisotopic (exact) mass is 337 g/mol. The van der Waals surface area contributed by atoms with E-state index in [-0.39, 0.29) is 23.9 Å². The molecule has 1 amide bonds. The van der Waals surface area contributed by atoms with Gasteiger partial charge in [0.1, 0.15) is 11.6 Å². The summed E-state index contributed by atoms with van der Waals surface area (Å²) in [5, 5.41) is 9.26. The third-order valence-electron chi connectivity index (χ3n) is 5.53. The van der Waals surface area contributed by atoms with Gasteiger partial charge in [-0.15, -0.1) is 0 Å². The van der Waals surface area contributed by atoms with E-state index >= 15 is 0 Å². The van der Waals surface area contributed by atoms with Crippen LogP contribution in [0.2, 0.25) is 0 Å². The molecule has 2 aliphatic rings. The first-order chi connectivity index (χ1) is 11.3. The molecule has 4 nitrogen and oxygen atoms in total. The van der Waals surface area contributed by atoms with Crippen LogP contribution in [0.15, 0.2) is 18.2 Å². The van der Waals surface area contributed by atoms with Crippen molar-refractivity contribution in [3.05, 3.63) is 35.4 Å². The standard InChI is InChI=1S/C18H21F2NO3/c1-11-9-21(10-13(11)16(22)23)17(24)18(6-2-3-7-18)14-5-4-12(19)8-15(14)20/h4-5,8,11,13H,2-3,6-7,9-10H2,1H3,(H,22,23)/t11-,13-/m1/s1.